The van der Waals surface area contributed by atoms with Gasteiger partial charge in [0.2, 0.25) is 0 Å². The van der Waals surface area contributed by atoms with Gasteiger partial charge in [0.25, 0.3) is 0 Å². The second-order valence-corrected chi connectivity index (χ2v) is 11.1. The summed E-state index contributed by atoms with van der Waals surface area (Å²) < 4.78 is 17.9. The third kappa shape index (κ3) is 13.3. The second kappa shape index (κ2) is 17.4. The van der Waals surface area contributed by atoms with Crippen molar-refractivity contribution in [1.29, 1.82) is 0 Å². The molecule has 37 heavy (non-hydrogen) atoms. The van der Waals surface area contributed by atoms with Crippen molar-refractivity contribution in [2.45, 2.75) is 98.3 Å². The standard InChI is InChI=1S/C30H50NO5.CH4/c1-5-7-8-11-21-35-27-15-13-16-28(23-27)36-22-12-9-10-14-26(32)24-30(25-29(33)34-6-2)17-19-31(3,4)20-18-30;/h13,15-16,23H,5-12,14,17-22,24-25H2,1-4H3;1H4/q+1;. The normalized spacial score (nSPS) is 15.9. The summed E-state index contributed by atoms with van der Waals surface area (Å²) in [6.45, 7) is 7.80. The minimum Gasteiger partial charge on any atom is -0.493 e. The number of ketones is 1. The summed E-state index contributed by atoms with van der Waals surface area (Å²) in [6.07, 6.45) is 10.7. The lowest BCUT2D eigenvalue weighted by molar-refractivity contribution is -0.897. The van der Waals surface area contributed by atoms with Crippen molar-refractivity contribution in [1.82, 2.24) is 0 Å². The van der Waals surface area contributed by atoms with Gasteiger partial charge < -0.3 is 18.7 Å². The molecule has 0 unspecified atom stereocenters. The molecule has 0 saturated carbocycles. The molecule has 0 spiro atoms. The van der Waals surface area contributed by atoms with Crippen molar-refractivity contribution in [2.75, 3.05) is 47.0 Å². The van der Waals surface area contributed by atoms with Crippen LogP contribution in [0.15, 0.2) is 24.3 Å². The zero-order valence-corrected chi connectivity index (χ0v) is 23.3. The number of carbonyl (C=O) groups is 2. The number of hydrogen-bond donors (Lipinski definition) is 0. The first-order valence-corrected chi connectivity index (χ1v) is 14.1. The smallest absolute Gasteiger partial charge is 0.306 e. The summed E-state index contributed by atoms with van der Waals surface area (Å²) in [5.41, 5.74) is -0.233. The fourth-order valence-corrected chi connectivity index (χ4v) is 4.92. The van der Waals surface area contributed by atoms with Crippen LogP contribution in [0.5, 0.6) is 11.5 Å². The van der Waals surface area contributed by atoms with Gasteiger partial charge in [-0.25, -0.2) is 0 Å². The van der Waals surface area contributed by atoms with Gasteiger partial charge in [0.1, 0.15) is 17.3 Å². The number of rotatable bonds is 18. The van der Waals surface area contributed by atoms with Gasteiger partial charge in [0, 0.05) is 31.7 Å². The topological polar surface area (TPSA) is 61.8 Å². The van der Waals surface area contributed by atoms with Gasteiger partial charge >= 0.3 is 5.97 Å². The van der Waals surface area contributed by atoms with Crippen LogP contribution in [-0.4, -0.2) is 63.2 Å². The predicted molar refractivity (Wildman–Crippen MR) is 151 cm³/mol. The highest BCUT2D eigenvalue weighted by molar-refractivity contribution is 5.80. The molecule has 0 amide bonds. The van der Waals surface area contributed by atoms with Crippen LogP contribution in [-0.2, 0) is 14.3 Å². The molecular formula is C31H54NO5+. The lowest BCUT2D eigenvalue weighted by Crippen LogP contribution is -2.50. The monoisotopic (exact) mass is 520 g/mol. The molecule has 1 aromatic rings. The minimum absolute atomic E-state index is 0. The molecule has 0 atom stereocenters. The van der Waals surface area contributed by atoms with Gasteiger partial charge in [0.15, 0.2) is 0 Å². The van der Waals surface area contributed by atoms with Crippen LogP contribution in [0.25, 0.3) is 0 Å². The number of unbranched alkanes of at least 4 members (excludes halogenated alkanes) is 5. The zero-order valence-electron chi connectivity index (χ0n) is 23.3. The number of Topliss-reactive ketones (excluding diaryl/α,β-unsaturated/α-hetero) is 1. The first-order valence-electron chi connectivity index (χ1n) is 14.1. The molecular weight excluding hydrogens is 466 g/mol. The van der Waals surface area contributed by atoms with E-state index in [1.54, 1.807) is 0 Å². The van der Waals surface area contributed by atoms with E-state index < -0.39 is 0 Å². The van der Waals surface area contributed by atoms with E-state index in [4.69, 9.17) is 14.2 Å². The highest BCUT2D eigenvalue weighted by atomic mass is 16.5. The molecule has 212 valence electrons. The minimum atomic E-state index is -0.233. The number of nitrogens with zero attached hydrogens (tertiary/aromatic N) is 1. The highest BCUT2D eigenvalue weighted by Gasteiger charge is 2.42. The average Bonchev–Trinajstić information content (AvgIpc) is 2.83. The third-order valence-corrected chi connectivity index (χ3v) is 7.33. The van der Waals surface area contributed by atoms with Crippen LogP contribution >= 0.6 is 0 Å². The highest BCUT2D eigenvalue weighted by Crippen LogP contribution is 2.40. The Morgan fingerprint density at radius 2 is 1.46 bits per heavy atom. The molecule has 0 aromatic heterocycles. The quantitative estimate of drug-likeness (QED) is 0.119. The van der Waals surface area contributed by atoms with Gasteiger partial charge in [-0.2, -0.15) is 0 Å². The van der Waals surface area contributed by atoms with Crippen LogP contribution in [0, 0.1) is 5.41 Å². The van der Waals surface area contributed by atoms with E-state index in [1.165, 1.54) is 19.3 Å². The molecule has 1 aromatic carbocycles. The Hall–Kier alpha value is -2.08. The maximum Gasteiger partial charge on any atom is 0.306 e. The number of quaternary nitrogens is 1. The Bertz CT molecular complexity index is 782. The molecule has 6 heteroatoms. The van der Waals surface area contributed by atoms with Crippen molar-refractivity contribution >= 4 is 11.8 Å². The SMILES string of the molecule is C.CCCCCCOc1cccc(OCCCCCC(=O)CC2(CC(=O)OCC)CC[N+](C)(C)CC2)c1. The van der Waals surface area contributed by atoms with Gasteiger partial charge in [-0.1, -0.05) is 39.7 Å². The van der Waals surface area contributed by atoms with Crippen LogP contribution in [0.3, 0.4) is 0 Å². The molecule has 6 nitrogen and oxygen atoms in total. The number of piperidine rings is 1. The number of likely N-dealkylation sites (tertiary alicyclic amines) is 1. The fraction of sp³-hybridized carbons (Fsp3) is 0.742. The molecule has 0 N–H and O–H groups in total. The number of hydrogen-bond acceptors (Lipinski definition) is 5. The molecule has 1 heterocycles. The number of carbonyl (C=O) groups excluding carboxylic acids is 2. The Morgan fingerprint density at radius 1 is 0.865 bits per heavy atom. The molecule has 2 rings (SSSR count). The first kappa shape index (κ1) is 32.9. The van der Waals surface area contributed by atoms with E-state index >= 15 is 0 Å². The molecule has 0 aliphatic carbocycles. The number of ether oxygens (including phenoxy) is 3. The first-order chi connectivity index (χ1) is 17.3. The summed E-state index contributed by atoms with van der Waals surface area (Å²) in [6, 6.07) is 7.85. The molecule has 0 bridgehead atoms. The van der Waals surface area contributed by atoms with E-state index in [-0.39, 0.29) is 24.6 Å². The lowest BCUT2D eigenvalue weighted by atomic mass is 9.71. The van der Waals surface area contributed by atoms with Crippen LogP contribution in [0.1, 0.15) is 98.3 Å². The van der Waals surface area contributed by atoms with Crippen LogP contribution < -0.4 is 9.47 Å². The molecule has 1 aliphatic heterocycles. The molecule has 1 aliphatic rings. The number of esters is 1. The Kier molecular flexibility index (Phi) is 15.5. The van der Waals surface area contributed by atoms with Gasteiger partial charge in [-0.3, -0.25) is 9.59 Å². The van der Waals surface area contributed by atoms with Crippen molar-refractivity contribution in [2.24, 2.45) is 5.41 Å². The Balaban J connectivity index is 0.00000684. The second-order valence-electron chi connectivity index (χ2n) is 11.1. The summed E-state index contributed by atoms with van der Waals surface area (Å²) in [7, 11) is 4.44. The van der Waals surface area contributed by atoms with E-state index in [1.807, 2.05) is 31.2 Å². The molecule has 1 fully saturated rings. The van der Waals surface area contributed by atoms with Crippen molar-refractivity contribution in [3.63, 3.8) is 0 Å². The molecule has 1 saturated heterocycles. The third-order valence-electron chi connectivity index (χ3n) is 7.33. The Morgan fingerprint density at radius 3 is 2.03 bits per heavy atom. The van der Waals surface area contributed by atoms with Crippen molar-refractivity contribution in [3.05, 3.63) is 24.3 Å². The van der Waals surface area contributed by atoms with E-state index in [9.17, 15) is 9.59 Å². The van der Waals surface area contributed by atoms with Gasteiger partial charge in [-0.05, 0) is 50.2 Å². The zero-order chi connectivity index (χ0) is 26.3. The Labute approximate surface area is 226 Å². The maximum absolute atomic E-state index is 12.9. The van der Waals surface area contributed by atoms with E-state index in [0.717, 1.165) is 74.2 Å². The number of benzene rings is 1. The summed E-state index contributed by atoms with van der Waals surface area (Å²) in [4.78, 5) is 25.1. The van der Waals surface area contributed by atoms with Crippen LogP contribution in [0.4, 0.5) is 0 Å². The van der Waals surface area contributed by atoms with Crippen LogP contribution in [0.2, 0.25) is 0 Å². The summed E-state index contributed by atoms with van der Waals surface area (Å²) >= 11 is 0. The largest absolute Gasteiger partial charge is 0.493 e. The maximum atomic E-state index is 12.9. The van der Waals surface area contributed by atoms with Gasteiger partial charge in [0.05, 0.1) is 53.4 Å². The van der Waals surface area contributed by atoms with Crippen molar-refractivity contribution in [3.8, 4) is 11.5 Å². The predicted octanol–water partition coefficient (Wildman–Crippen LogP) is 6.99. The summed E-state index contributed by atoms with van der Waals surface area (Å²) in [5, 5.41) is 0. The van der Waals surface area contributed by atoms with E-state index in [2.05, 4.69) is 21.0 Å². The fourth-order valence-electron chi connectivity index (χ4n) is 4.92. The van der Waals surface area contributed by atoms with Gasteiger partial charge in [-0.15, -0.1) is 0 Å². The lowest BCUT2D eigenvalue weighted by Gasteiger charge is -2.44. The summed E-state index contributed by atoms with van der Waals surface area (Å²) in [5.74, 6) is 1.80. The average molecular weight is 521 g/mol. The van der Waals surface area contributed by atoms with E-state index in [0.29, 0.717) is 32.5 Å². The van der Waals surface area contributed by atoms with Crippen molar-refractivity contribution < 1.29 is 28.3 Å². The molecule has 0 radical (unpaired) electrons.